The van der Waals surface area contributed by atoms with E-state index in [0.29, 0.717) is 26.4 Å². The summed E-state index contributed by atoms with van der Waals surface area (Å²) in [5, 5.41) is 0. The number of hydrogen-bond donors (Lipinski definition) is 0. The van der Waals surface area contributed by atoms with Gasteiger partial charge in [-0.25, -0.2) is 15.0 Å². The molecule has 0 bridgehead atoms. The molecular weight excluding hydrogens is 295 g/mol. The van der Waals surface area contributed by atoms with E-state index in [0.717, 1.165) is 11.2 Å². The Morgan fingerprint density at radius 3 is 2.71 bits per heavy atom. The van der Waals surface area contributed by atoms with Crippen LogP contribution in [0.1, 0.15) is 13.8 Å². The van der Waals surface area contributed by atoms with Crippen LogP contribution in [0.5, 0.6) is 0 Å². The van der Waals surface area contributed by atoms with Crippen molar-refractivity contribution >= 4 is 18.8 Å². The first-order valence-corrected chi connectivity index (χ1v) is 8.48. The number of imidazole rings is 1. The average molecular weight is 314 g/mol. The van der Waals surface area contributed by atoms with E-state index in [1.807, 2.05) is 4.57 Å². The lowest BCUT2D eigenvalue weighted by Crippen LogP contribution is -2.09. The molecule has 0 N–H and O–H groups in total. The van der Waals surface area contributed by atoms with Gasteiger partial charge in [0.05, 0.1) is 32.3 Å². The van der Waals surface area contributed by atoms with Gasteiger partial charge in [-0.15, -0.1) is 0 Å². The molecule has 0 radical (unpaired) electrons. The molecule has 0 aliphatic carbocycles. The molecule has 2 rings (SSSR count). The minimum Gasteiger partial charge on any atom is -0.367 e. The molecule has 0 saturated carbocycles. The Morgan fingerprint density at radius 1 is 1.24 bits per heavy atom. The zero-order chi connectivity index (χ0) is 15.1. The van der Waals surface area contributed by atoms with E-state index in [-0.39, 0.29) is 6.35 Å². The SMILES string of the molecule is CCOP(=O)(COCCn1cnc2cncnc21)OCC. The molecule has 2 aromatic heterocycles. The molecule has 0 aliphatic rings. The average Bonchev–Trinajstić information content (AvgIpc) is 2.88. The number of aromatic nitrogens is 4. The maximum Gasteiger partial charge on any atom is 0.356 e. The highest BCUT2D eigenvalue weighted by molar-refractivity contribution is 7.53. The van der Waals surface area contributed by atoms with Crippen molar-refractivity contribution in [2.75, 3.05) is 26.2 Å². The van der Waals surface area contributed by atoms with Crippen molar-refractivity contribution in [2.45, 2.75) is 20.4 Å². The van der Waals surface area contributed by atoms with Crippen molar-refractivity contribution in [3.63, 3.8) is 0 Å². The molecule has 0 aliphatic heterocycles. The fourth-order valence-corrected chi connectivity index (χ4v) is 3.19. The Bertz CT molecular complexity index is 608. The zero-order valence-corrected chi connectivity index (χ0v) is 13.0. The van der Waals surface area contributed by atoms with Gasteiger partial charge in [0, 0.05) is 6.54 Å². The molecule has 0 atom stereocenters. The van der Waals surface area contributed by atoms with E-state index >= 15 is 0 Å². The van der Waals surface area contributed by atoms with Gasteiger partial charge in [-0.1, -0.05) is 0 Å². The maximum absolute atomic E-state index is 12.2. The van der Waals surface area contributed by atoms with E-state index in [4.69, 9.17) is 13.8 Å². The first kappa shape index (κ1) is 16.0. The van der Waals surface area contributed by atoms with Gasteiger partial charge in [0.25, 0.3) is 0 Å². The minimum atomic E-state index is -3.15. The summed E-state index contributed by atoms with van der Waals surface area (Å²) in [6.45, 7) is 5.09. The minimum absolute atomic E-state index is 0.0592. The van der Waals surface area contributed by atoms with E-state index in [1.54, 1.807) is 26.4 Å². The van der Waals surface area contributed by atoms with Crippen LogP contribution in [-0.2, 0) is 24.9 Å². The summed E-state index contributed by atoms with van der Waals surface area (Å²) in [6.07, 6.45) is 4.74. The van der Waals surface area contributed by atoms with Crippen LogP contribution in [0.15, 0.2) is 18.9 Å². The molecular formula is C12H19N4O4P. The van der Waals surface area contributed by atoms with Crippen molar-refractivity contribution in [3.8, 4) is 0 Å². The third-order valence-corrected chi connectivity index (χ3v) is 4.46. The van der Waals surface area contributed by atoms with Crippen LogP contribution in [0.3, 0.4) is 0 Å². The molecule has 0 spiro atoms. The summed E-state index contributed by atoms with van der Waals surface area (Å²) in [6, 6.07) is 0. The first-order chi connectivity index (χ1) is 10.2. The summed E-state index contributed by atoms with van der Waals surface area (Å²) in [4.78, 5) is 12.2. The van der Waals surface area contributed by atoms with Crippen LogP contribution >= 0.6 is 7.60 Å². The fourth-order valence-electron chi connectivity index (χ4n) is 1.82. The second kappa shape index (κ2) is 7.61. The van der Waals surface area contributed by atoms with Crippen LogP contribution < -0.4 is 0 Å². The summed E-state index contributed by atoms with van der Waals surface area (Å²) in [7, 11) is -3.15. The number of rotatable bonds is 9. The maximum atomic E-state index is 12.2. The summed E-state index contributed by atoms with van der Waals surface area (Å²) in [5.74, 6) is 0. The topological polar surface area (TPSA) is 88.4 Å². The summed E-state index contributed by atoms with van der Waals surface area (Å²) in [5.41, 5.74) is 1.47. The summed E-state index contributed by atoms with van der Waals surface area (Å²) < 4.78 is 29.7. The lowest BCUT2D eigenvalue weighted by atomic mass is 10.5. The molecule has 0 fully saturated rings. The van der Waals surface area contributed by atoms with E-state index < -0.39 is 7.60 Å². The third-order valence-electron chi connectivity index (χ3n) is 2.66. The summed E-state index contributed by atoms with van der Waals surface area (Å²) >= 11 is 0. The predicted octanol–water partition coefficient (Wildman–Crippen LogP) is 2.07. The van der Waals surface area contributed by atoms with Crippen LogP contribution in [-0.4, -0.2) is 45.7 Å². The highest BCUT2D eigenvalue weighted by atomic mass is 31.2. The molecule has 21 heavy (non-hydrogen) atoms. The molecule has 9 heteroatoms. The van der Waals surface area contributed by atoms with Crippen LogP contribution in [0, 0.1) is 0 Å². The second-order valence-corrected chi connectivity index (χ2v) is 6.15. The number of ether oxygens (including phenoxy) is 1. The van der Waals surface area contributed by atoms with Crippen LogP contribution in [0.25, 0.3) is 11.2 Å². The van der Waals surface area contributed by atoms with E-state index in [2.05, 4.69) is 15.0 Å². The smallest absolute Gasteiger partial charge is 0.356 e. The van der Waals surface area contributed by atoms with E-state index in [1.165, 1.54) is 6.33 Å². The van der Waals surface area contributed by atoms with Gasteiger partial charge in [0.2, 0.25) is 0 Å². The normalized spacial score (nSPS) is 12.1. The quantitative estimate of drug-likeness (QED) is 0.517. The molecule has 8 nitrogen and oxygen atoms in total. The van der Waals surface area contributed by atoms with Crippen molar-refractivity contribution < 1.29 is 18.3 Å². The first-order valence-electron chi connectivity index (χ1n) is 6.75. The standard InChI is InChI=1S/C12H19N4O4P/c1-3-19-21(17,20-4-2)10-18-6-5-16-9-15-11-7-13-8-14-12(11)16/h7-9H,3-6,10H2,1-2H3. The van der Waals surface area contributed by atoms with Gasteiger partial charge in [-0.3, -0.25) is 4.57 Å². The molecule has 116 valence electrons. The number of hydrogen-bond acceptors (Lipinski definition) is 7. The Labute approximate surface area is 123 Å². The molecule has 2 heterocycles. The van der Waals surface area contributed by atoms with Crippen molar-refractivity contribution in [1.29, 1.82) is 0 Å². The Balaban J connectivity index is 1.85. The van der Waals surface area contributed by atoms with Gasteiger partial charge >= 0.3 is 7.60 Å². The highest BCUT2D eigenvalue weighted by Gasteiger charge is 2.23. The Kier molecular flexibility index (Phi) is 5.81. The van der Waals surface area contributed by atoms with Gasteiger partial charge < -0.3 is 18.4 Å². The lowest BCUT2D eigenvalue weighted by Gasteiger charge is -2.16. The predicted molar refractivity (Wildman–Crippen MR) is 77.0 cm³/mol. The van der Waals surface area contributed by atoms with Crippen LogP contribution in [0.4, 0.5) is 0 Å². The van der Waals surface area contributed by atoms with E-state index in [9.17, 15) is 4.57 Å². The number of fused-ring (bicyclic) bond motifs is 1. The third kappa shape index (κ3) is 4.31. The Hall–Kier alpha value is -1.34. The second-order valence-electron chi connectivity index (χ2n) is 4.15. The zero-order valence-electron chi connectivity index (χ0n) is 12.1. The van der Waals surface area contributed by atoms with Crippen molar-refractivity contribution in [2.24, 2.45) is 0 Å². The van der Waals surface area contributed by atoms with Gasteiger partial charge in [0.1, 0.15) is 18.2 Å². The Morgan fingerprint density at radius 2 is 2.00 bits per heavy atom. The fraction of sp³-hybridized carbons (Fsp3) is 0.583. The molecule has 0 aromatic carbocycles. The van der Waals surface area contributed by atoms with Crippen LogP contribution in [0.2, 0.25) is 0 Å². The lowest BCUT2D eigenvalue weighted by molar-refractivity contribution is 0.127. The largest absolute Gasteiger partial charge is 0.367 e. The van der Waals surface area contributed by atoms with Crippen molar-refractivity contribution in [1.82, 2.24) is 19.5 Å². The van der Waals surface area contributed by atoms with Gasteiger partial charge in [-0.05, 0) is 13.8 Å². The molecule has 2 aromatic rings. The van der Waals surface area contributed by atoms with Gasteiger partial charge in [-0.2, -0.15) is 0 Å². The van der Waals surface area contributed by atoms with Gasteiger partial charge in [0.15, 0.2) is 5.65 Å². The molecule has 0 saturated heterocycles. The molecule has 0 unspecified atom stereocenters. The molecule has 0 amide bonds. The number of nitrogens with zero attached hydrogens (tertiary/aromatic N) is 4. The monoisotopic (exact) mass is 314 g/mol. The van der Waals surface area contributed by atoms with Crippen molar-refractivity contribution in [3.05, 3.63) is 18.9 Å². The highest BCUT2D eigenvalue weighted by Crippen LogP contribution is 2.47.